The summed E-state index contributed by atoms with van der Waals surface area (Å²) in [5.74, 6) is 0.137. The van der Waals surface area contributed by atoms with E-state index in [4.69, 9.17) is 0 Å². The van der Waals surface area contributed by atoms with Crippen LogP contribution < -0.4 is 5.32 Å². The molecule has 0 aromatic heterocycles. The van der Waals surface area contributed by atoms with Gasteiger partial charge >= 0.3 is 5.97 Å². The van der Waals surface area contributed by atoms with Gasteiger partial charge in [-0.2, -0.15) is 0 Å². The largest absolute Gasteiger partial charge is 0.468 e. The van der Waals surface area contributed by atoms with Gasteiger partial charge < -0.3 is 10.1 Å². The van der Waals surface area contributed by atoms with Crippen LogP contribution in [0.5, 0.6) is 0 Å². The molecule has 0 aliphatic rings. The van der Waals surface area contributed by atoms with Gasteiger partial charge in [0.2, 0.25) is 0 Å². The fraction of sp³-hybridized carbons (Fsp3) is 0.417. The predicted octanol–water partition coefficient (Wildman–Crippen LogP) is 2.82. The van der Waals surface area contributed by atoms with Crippen molar-refractivity contribution in [2.75, 3.05) is 19.4 Å². The van der Waals surface area contributed by atoms with Crippen molar-refractivity contribution in [3.05, 3.63) is 28.2 Å². The van der Waals surface area contributed by atoms with Crippen LogP contribution in [0.2, 0.25) is 0 Å². The number of methoxy groups -OCH3 is 1. The minimum atomic E-state index is -0.206. The molecule has 0 aliphatic heterocycles. The fourth-order valence-corrected chi connectivity index (χ4v) is 2.66. The Balaban J connectivity index is 2.58. The molecule has 0 unspecified atom stereocenters. The van der Waals surface area contributed by atoms with E-state index in [1.165, 1.54) is 24.4 Å². The lowest BCUT2D eigenvalue weighted by Crippen LogP contribution is -2.12. The van der Waals surface area contributed by atoms with E-state index in [2.05, 4.69) is 39.0 Å². The Labute approximate surface area is 114 Å². The number of nitrogens with one attached hydrogen (secondary N) is 1. The lowest BCUT2D eigenvalue weighted by atomic mass is 10.2. The molecule has 0 fully saturated rings. The molecule has 0 saturated carbocycles. The molecule has 0 amide bonds. The van der Waals surface area contributed by atoms with E-state index in [9.17, 15) is 4.79 Å². The van der Waals surface area contributed by atoms with Gasteiger partial charge in [-0.05, 0) is 24.2 Å². The van der Waals surface area contributed by atoms with Crippen LogP contribution in [-0.2, 0) is 16.1 Å². The highest BCUT2D eigenvalue weighted by Gasteiger charge is 2.05. The summed E-state index contributed by atoms with van der Waals surface area (Å²) in [5, 5.41) is 3.27. The van der Waals surface area contributed by atoms with Crippen molar-refractivity contribution in [1.82, 2.24) is 5.32 Å². The average molecular weight is 318 g/mol. The van der Waals surface area contributed by atoms with Crippen LogP contribution in [0.3, 0.4) is 0 Å². The van der Waals surface area contributed by atoms with Crippen LogP contribution in [-0.4, -0.2) is 25.4 Å². The van der Waals surface area contributed by atoms with Crippen molar-refractivity contribution >= 4 is 33.7 Å². The third-order valence-corrected chi connectivity index (χ3v) is 3.88. The Morgan fingerprint density at radius 3 is 2.88 bits per heavy atom. The molecule has 0 saturated heterocycles. The summed E-state index contributed by atoms with van der Waals surface area (Å²) >= 11 is 5.01. The van der Waals surface area contributed by atoms with Gasteiger partial charge in [-0.3, -0.25) is 4.79 Å². The highest BCUT2D eigenvalue weighted by Crippen LogP contribution is 2.25. The van der Waals surface area contributed by atoms with Crippen molar-refractivity contribution in [3.63, 3.8) is 0 Å². The van der Waals surface area contributed by atoms with Gasteiger partial charge in [0.15, 0.2) is 0 Å². The maximum absolute atomic E-state index is 11.0. The number of carbonyl (C=O) groups excluding carboxylic acids is 1. The molecule has 0 radical (unpaired) electrons. The molecule has 0 spiro atoms. The third kappa shape index (κ3) is 5.10. The number of halogens is 1. The molecule has 5 heteroatoms. The molecule has 17 heavy (non-hydrogen) atoms. The standard InChI is InChI=1S/C12H16BrNO2S/c1-3-14-7-9-4-5-10(6-11(9)13)17-8-12(15)16-2/h4-6,14H,3,7-8H2,1-2H3. The summed E-state index contributed by atoms with van der Waals surface area (Å²) < 4.78 is 5.66. The Bertz CT molecular complexity index is 385. The summed E-state index contributed by atoms with van der Waals surface area (Å²) in [4.78, 5) is 12.1. The van der Waals surface area contributed by atoms with Crippen molar-refractivity contribution in [1.29, 1.82) is 0 Å². The summed E-state index contributed by atoms with van der Waals surface area (Å²) in [7, 11) is 1.40. The number of carbonyl (C=O) groups is 1. The third-order valence-electron chi connectivity index (χ3n) is 2.17. The first-order valence-electron chi connectivity index (χ1n) is 5.36. The van der Waals surface area contributed by atoms with Crippen molar-refractivity contribution in [2.45, 2.75) is 18.4 Å². The van der Waals surface area contributed by atoms with Crippen molar-refractivity contribution in [2.24, 2.45) is 0 Å². The first kappa shape index (κ1) is 14.5. The number of ether oxygens (including phenoxy) is 1. The summed E-state index contributed by atoms with van der Waals surface area (Å²) in [5.41, 5.74) is 1.22. The quantitative estimate of drug-likeness (QED) is 0.647. The van der Waals surface area contributed by atoms with Crippen LogP contribution in [0.15, 0.2) is 27.6 Å². The van der Waals surface area contributed by atoms with Crippen LogP contribution in [0.25, 0.3) is 0 Å². The Morgan fingerprint density at radius 2 is 2.29 bits per heavy atom. The van der Waals surface area contributed by atoms with E-state index < -0.39 is 0 Å². The molecule has 1 aromatic carbocycles. The topological polar surface area (TPSA) is 38.3 Å². The first-order chi connectivity index (χ1) is 8.17. The number of thioether (sulfide) groups is 1. The zero-order valence-corrected chi connectivity index (χ0v) is 12.4. The fourth-order valence-electron chi connectivity index (χ4n) is 1.22. The average Bonchev–Trinajstić information content (AvgIpc) is 2.34. The van der Waals surface area contributed by atoms with Crippen LogP contribution in [0.1, 0.15) is 12.5 Å². The van der Waals surface area contributed by atoms with E-state index in [1.807, 2.05) is 12.1 Å². The number of rotatable bonds is 6. The SMILES string of the molecule is CCNCc1ccc(SCC(=O)OC)cc1Br. The molecule has 0 heterocycles. The highest BCUT2D eigenvalue weighted by atomic mass is 79.9. The van der Waals surface area contributed by atoms with E-state index in [0.29, 0.717) is 5.75 Å². The van der Waals surface area contributed by atoms with E-state index in [0.717, 1.165) is 22.5 Å². The van der Waals surface area contributed by atoms with Gasteiger partial charge in [-0.25, -0.2) is 0 Å². The first-order valence-corrected chi connectivity index (χ1v) is 7.14. The number of esters is 1. The minimum absolute atomic E-state index is 0.206. The molecule has 1 N–H and O–H groups in total. The molecule has 0 bridgehead atoms. The molecule has 0 atom stereocenters. The number of hydrogen-bond acceptors (Lipinski definition) is 4. The van der Waals surface area contributed by atoms with Gasteiger partial charge in [0, 0.05) is 15.9 Å². The predicted molar refractivity (Wildman–Crippen MR) is 74.3 cm³/mol. The highest BCUT2D eigenvalue weighted by molar-refractivity contribution is 9.10. The zero-order chi connectivity index (χ0) is 12.7. The Kier molecular flexibility index (Phi) is 6.62. The van der Waals surface area contributed by atoms with E-state index in [1.54, 1.807) is 0 Å². The molecular formula is C12H16BrNO2S. The minimum Gasteiger partial charge on any atom is -0.468 e. The maximum atomic E-state index is 11.0. The summed E-state index contributed by atoms with van der Waals surface area (Å²) in [6.07, 6.45) is 0. The second-order valence-electron chi connectivity index (χ2n) is 3.40. The molecule has 1 rings (SSSR count). The Morgan fingerprint density at radius 1 is 1.53 bits per heavy atom. The van der Waals surface area contributed by atoms with E-state index >= 15 is 0 Å². The van der Waals surface area contributed by atoms with E-state index in [-0.39, 0.29) is 5.97 Å². The smallest absolute Gasteiger partial charge is 0.315 e. The second-order valence-corrected chi connectivity index (χ2v) is 5.30. The van der Waals surface area contributed by atoms with Gasteiger partial charge in [0.1, 0.15) is 0 Å². The van der Waals surface area contributed by atoms with Crippen LogP contribution in [0.4, 0.5) is 0 Å². The van der Waals surface area contributed by atoms with Crippen LogP contribution in [0, 0.1) is 0 Å². The van der Waals surface area contributed by atoms with Gasteiger partial charge in [0.05, 0.1) is 12.9 Å². The monoisotopic (exact) mass is 317 g/mol. The molecule has 1 aromatic rings. The molecule has 3 nitrogen and oxygen atoms in total. The van der Waals surface area contributed by atoms with Crippen LogP contribution >= 0.6 is 27.7 Å². The normalized spacial score (nSPS) is 10.3. The second kappa shape index (κ2) is 7.74. The van der Waals surface area contributed by atoms with Crippen molar-refractivity contribution < 1.29 is 9.53 Å². The van der Waals surface area contributed by atoms with Gasteiger partial charge in [-0.1, -0.05) is 28.9 Å². The van der Waals surface area contributed by atoms with Gasteiger partial charge in [0.25, 0.3) is 0 Å². The number of hydrogen-bond donors (Lipinski definition) is 1. The molecule has 94 valence electrons. The van der Waals surface area contributed by atoms with Gasteiger partial charge in [-0.15, -0.1) is 11.8 Å². The summed E-state index contributed by atoms with van der Waals surface area (Å²) in [6.45, 7) is 3.87. The maximum Gasteiger partial charge on any atom is 0.315 e. The zero-order valence-electron chi connectivity index (χ0n) is 9.96. The lowest BCUT2D eigenvalue weighted by Gasteiger charge is -2.07. The Hall–Kier alpha value is -0.520. The molecule has 0 aliphatic carbocycles. The summed E-state index contributed by atoms with van der Waals surface area (Å²) in [6, 6.07) is 6.11. The lowest BCUT2D eigenvalue weighted by molar-refractivity contribution is -0.137. The number of benzene rings is 1. The molecular weight excluding hydrogens is 302 g/mol. The van der Waals surface area contributed by atoms with Crippen molar-refractivity contribution in [3.8, 4) is 0 Å².